The Hall–Kier alpha value is -1.51. The van der Waals surface area contributed by atoms with Gasteiger partial charge in [0.25, 0.3) is 5.56 Å². The largest absolute Gasteiger partial charge is 0.394 e. The molecule has 7 nitrogen and oxygen atoms in total. The maximum Gasteiger partial charge on any atom is 0.330 e. The molecule has 3 N–H and O–H groups in total. The molecule has 0 unspecified atom stereocenters. The highest BCUT2D eigenvalue weighted by molar-refractivity contribution is 4.93. The molecule has 2 rings (SSSR count). The molecule has 0 bridgehead atoms. The molecule has 2 heterocycles. The normalized spacial score (nSPS) is 32.9. The van der Waals surface area contributed by atoms with Crippen molar-refractivity contribution in [3.8, 4) is 0 Å². The zero-order valence-corrected chi connectivity index (χ0v) is 8.62. The molecule has 0 aromatic carbocycles. The van der Waals surface area contributed by atoms with Gasteiger partial charge in [0.05, 0.1) is 6.61 Å². The van der Waals surface area contributed by atoms with E-state index >= 15 is 0 Å². The number of nitrogens with one attached hydrogen (secondary N) is 1. The van der Waals surface area contributed by atoms with Crippen molar-refractivity contribution >= 4 is 0 Å². The topological polar surface area (TPSA) is 105 Å². The van der Waals surface area contributed by atoms with Crippen molar-refractivity contribution in [3.63, 3.8) is 0 Å². The summed E-state index contributed by atoms with van der Waals surface area (Å²) in [6.45, 7) is -0.604. The van der Waals surface area contributed by atoms with Gasteiger partial charge in [-0.1, -0.05) is 0 Å². The number of rotatable bonds is 2. The standard InChI is InChI=1S/C9H11FN2O5/c10-6-4(3-13)17-8(7(6)15)12-2-1-5(14)11-9(12)16/h1-2,4,6-8,13,15H,3H2,(H,11,14,16)/t4-,6+,7-,8+/m1/s1. The van der Waals surface area contributed by atoms with Crippen LogP contribution in [0.5, 0.6) is 0 Å². The Morgan fingerprint density at radius 1 is 1.53 bits per heavy atom. The van der Waals surface area contributed by atoms with Gasteiger partial charge in [0.2, 0.25) is 0 Å². The van der Waals surface area contributed by atoms with Gasteiger partial charge in [-0.2, -0.15) is 0 Å². The zero-order valence-electron chi connectivity index (χ0n) is 8.62. The first-order valence-corrected chi connectivity index (χ1v) is 4.94. The highest BCUT2D eigenvalue weighted by atomic mass is 19.1. The Bertz CT molecular complexity index is 513. The molecule has 94 valence electrons. The van der Waals surface area contributed by atoms with Crippen molar-refractivity contribution in [2.45, 2.75) is 24.6 Å². The Labute approximate surface area is 94.1 Å². The van der Waals surface area contributed by atoms with Gasteiger partial charge in [0, 0.05) is 12.3 Å². The van der Waals surface area contributed by atoms with Crippen molar-refractivity contribution in [1.29, 1.82) is 0 Å². The molecule has 17 heavy (non-hydrogen) atoms. The molecule has 0 amide bonds. The predicted octanol–water partition coefficient (Wildman–Crippen LogP) is -1.87. The van der Waals surface area contributed by atoms with Gasteiger partial charge in [-0.15, -0.1) is 0 Å². The molecule has 1 aromatic heterocycles. The molecular formula is C9H11FN2O5. The van der Waals surface area contributed by atoms with Crippen molar-refractivity contribution in [2.75, 3.05) is 6.61 Å². The highest BCUT2D eigenvalue weighted by Crippen LogP contribution is 2.29. The van der Waals surface area contributed by atoms with E-state index in [1.807, 2.05) is 4.98 Å². The van der Waals surface area contributed by atoms with E-state index < -0.39 is 42.5 Å². The monoisotopic (exact) mass is 246 g/mol. The molecule has 0 saturated carbocycles. The van der Waals surface area contributed by atoms with Crippen LogP contribution in [0.3, 0.4) is 0 Å². The van der Waals surface area contributed by atoms with E-state index in [2.05, 4.69) is 0 Å². The van der Waals surface area contributed by atoms with Gasteiger partial charge in [-0.3, -0.25) is 14.3 Å². The van der Waals surface area contributed by atoms with E-state index in [9.17, 15) is 19.1 Å². The van der Waals surface area contributed by atoms with E-state index in [4.69, 9.17) is 9.84 Å². The molecular weight excluding hydrogens is 235 g/mol. The first-order valence-electron chi connectivity index (χ1n) is 4.94. The molecule has 0 spiro atoms. The minimum atomic E-state index is -1.79. The van der Waals surface area contributed by atoms with Gasteiger partial charge in [-0.05, 0) is 0 Å². The minimum absolute atomic E-state index is 0.603. The molecule has 0 aliphatic carbocycles. The first-order chi connectivity index (χ1) is 8.04. The number of nitrogens with zero attached hydrogens (tertiary/aromatic N) is 1. The van der Waals surface area contributed by atoms with E-state index in [0.29, 0.717) is 0 Å². The molecule has 4 atom stereocenters. The van der Waals surface area contributed by atoms with Crippen LogP contribution < -0.4 is 11.2 Å². The number of aliphatic hydroxyl groups is 2. The number of aromatic nitrogens is 2. The number of hydrogen-bond donors (Lipinski definition) is 3. The van der Waals surface area contributed by atoms with Crippen molar-refractivity contribution in [3.05, 3.63) is 33.1 Å². The second-order valence-electron chi connectivity index (χ2n) is 3.70. The van der Waals surface area contributed by atoms with Crippen LogP contribution in [0.1, 0.15) is 6.23 Å². The Balaban J connectivity index is 2.35. The second-order valence-corrected chi connectivity index (χ2v) is 3.70. The fourth-order valence-electron chi connectivity index (χ4n) is 1.71. The summed E-state index contributed by atoms with van der Waals surface area (Å²) in [5, 5.41) is 18.4. The van der Waals surface area contributed by atoms with Gasteiger partial charge >= 0.3 is 5.69 Å². The van der Waals surface area contributed by atoms with Crippen LogP contribution in [-0.2, 0) is 4.74 Å². The van der Waals surface area contributed by atoms with E-state index in [1.165, 1.54) is 0 Å². The van der Waals surface area contributed by atoms with E-state index in [-0.39, 0.29) is 0 Å². The van der Waals surface area contributed by atoms with E-state index in [1.54, 1.807) is 0 Å². The fourth-order valence-corrected chi connectivity index (χ4v) is 1.71. The third-order valence-electron chi connectivity index (χ3n) is 2.59. The molecule has 8 heteroatoms. The van der Waals surface area contributed by atoms with E-state index in [0.717, 1.165) is 16.8 Å². The highest BCUT2D eigenvalue weighted by Gasteiger charge is 2.45. The average Bonchev–Trinajstić information content (AvgIpc) is 2.57. The molecule has 1 saturated heterocycles. The summed E-state index contributed by atoms with van der Waals surface area (Å²) in [5.74, 6) is 0. The lowest BCUT2D eigenvalue weighted by Crippen LogP contribution is -2.36. The Morgan fingerprint density at radius 2 is 2.24 bits per heavy atom. The molecule has 1 fully saturated rings. The second kappa shape index (κ2) is 4.40. The minimum Gasteiger partial charge on any atom is -0.394 e. The fraction of sp³-hybridized carbons (Fsp3) is 0.556. The summed E-state index contributed by atoms with van der Waals surface area (Å²) in [6.07, 6.45) is -4.71. The third kappa shape index (κ3) is 2.02. The lowest BCUT2D eigenvalue weighted by Gasteiger charge is -2.16. The van der Waals surface area contributed by atoms with Gasteiger partial charge in [0.1, 0.15) is 12.2 Å². The summed E-state index contributed by atoms with van der Waals surface area (Å²) < 4.78 is 19.3. The average molecular weight is 246 g/mol. The Morgan fingerprint density at radius 3 is 2.76 bits per heavy atom. The lowest BCUT2D eigenvalue weighted by molar-refractivity contribution is -0.0537. The molecule has 1 aliphatic heterocycles. The Kier molecular flexibility index (Phi) is 3.09. The summed E-state index contributed by atoms with van der Waals surface area (Å²) in [6, 6.07) is 1.05. The number of halogens is 1. The zero-order chi connectivity index (χ0) is 12.6. The van der Waals surface area contributed by atoms with Crippen LogP contribution in [0.15, 0.2) is 21.9 Å². The summed E-state index contributed by atoms with van der Waals surface area (Å²) >= 11 is 0. The number of hydrogen-bond acceptors (Lipinski definition) is 5. The number of H-pyrrole nitrogens is 1. The number of aromatic amines is 1. The van der Waals surface area contributed by atoms with Gasteiger partial charge < -0.3 is 14.9 Å². The summed E-state index contributed by atoms with van der Waals surface area (Å²) in [7, 11) is 0. The predicted molar refractivity (Wildman–Crippen MR) is 53.2 cm³/mol. The van der Waals surface area contributed by atoms with Crippen LogP contribution in [0, 0.1) is 0 Å². The van der Waals surface area contributed by atoms with Crippen molar-refractivity contribution in [2.24, 2.45) is 0 Å². The van der Waals surface area contributed by atoms with Crippen LogP contribution in [0.4, 0.5) is 4.39 Å². The number of aliphatic hydroxyl groups excluding tert-OH is 2. The first kappa shape index (κ1) is 12.0. The van der Waals surface area contributed by atoms with Gasteiger partial charge in [0.15, 0.2) is 12.4 Å². The quantitative estimate of drug-likeness (QED) is 0.567. The summed E-state index contributed by atoms with van der Waals surface area (Å²) in [5.41, 5.74) is -1.42. The smallest absolute Gasteiger partial charge is 0.330 e. The number of ether oxygens (including phenoxy) is 1. The lowest BCUT2D eigenvalue weighted by atomic mass is 10.1. The molecule has 1 aromatic rings. The van der Waals surface area contributed by atoms with Crippen LogP contribution in [-0.4, -0.2) is 44.8 Å². The maximum absolute atomic E-state index is 13.4. The third-order valence-corrected chi connectivity index (χ3v) is 2.59. The van der Waals surface area contributed by atoms with Crippen molar-refractivity contribution < 1.29 is 19.3 Å². The maximum atomic E-state index is 13.4. The SMILES string of the molecule is O=c1ccn([C@H]2O[C@H](CO)[C@H](F)[C@H]2O)c(=O)[nH]1. The summed E-state index contributed by atoms with van der Waals surface area (Å²) in [4.78, 5) is 24.2. The molecule has 0 radical (unpaired) electrons. The van der Waals surface area contributed by atoms with Gasteiger partial charge in [-0.25, -0.2) is 9.18 Å². The van der Waals surface area contributed by atoms with Crippen LogP contribution in [0.2, 0.25) is 0 Å². The van der Waals surface area contributed by atoms with Crippen LogP contribution in [0.25, 0.3) is 0 Å². The number of alkyl halides is 1. The van der Waals surface area contributed by atoms with Crippen LogP contribution >= 0.6 is 0 Å². The van der Waals surface area contributed by atoms with Crippen molar-refractivity contribution in [1.82, 2.24) is 9.55 Å². The molecule has 1 aliphatic rings.